The van der Waals surface area contributed by atoms with E-state index >= 15 is 0 Å². The van der Waals surface area contributed by atoms with Crippen molar-refractivity contribution in [3.05, 3.63) is 0 Å². The minimum Gasteiger partial charge on any atom is -0.374 e. The van der Waals surface area contributed by atoms with Gasteiger partial charge in [0, 0.05) is 12.0 Å². The largest absolute Gasteiger partial charge is 0.374 e. The minimum atomic E-state index is 0.234. The fourth-order valence-electron chi connectivity index (χ4n) is 5.28. The molecule has 0 aromatic heterocycles. The molecule has 0 radical (unpaired) electrons. The molecule has 3 saturated heterocycles. The molecular formula is C16H27NO2. The third kappa shape index (κ3) is 1.97. The summed E-state index contributed by atoms with van der Waals surface area (Å²) in [6.07, 6.45) is 14.0. The van der Waals surface area contributed by atoms with E-state index in [1.165, 1.54) is 57.8 Å². The highest BCUT2D eigenvalue weighted by Gasteiger charge is 2.54. The molecule has 4 fully saturated rings. The summed E-state index contributed by atoms with van der Waals surface area (Å²) in [7, 11) is 0. The van der Waals surface area contributed by atoms with E-state index in [2.05, 4.69) is 0 Å². The van der Waals surface area contributed by atoms with Crippen LogP contribution in [0.2, 0.25) is 0 Å². The van der Waals surface area contributed by atoms with Crippen LogP contribution in [0, 0.1) is 5.41 Å². The summed E-state index contributed by atoms with van der Waals surface area (Å²) in [5.41, 5.74) is 6.64. The Bertz CT molecular complexity index is 353. The van der Waals surface area contributed by atoms with E-state index in [1.54, 1.807) is 0 Å². The van der Waals surface area contributed by atoms with Gasteiger partial charge in [0.2, 0.25) is 0 Å². The molecule has 3 nitrogen and oxygen atoms in total. The van der Waals surface area contributed by atoms with E-state index in [0.717, 1.165) is 13.0 Å². The molecule has 0 aromatic rings. The van der Waals surface area contributed by atoms with Crippen LogP contribution >= 0.6 is 0 Å². The van der Waals surface area contributed by atoms with Crippen LogP contribution in [0.1, 0.15) is 64.2 Å². The van der Waals surface area contributed by atoms with Gasteiger partial charge in [0.15, 0.2) is 0 Å². The zero-order valence-corrected chi connectivity index (χ0v) is 11.9. The van der Waals surface area contributed by atoms with Gasteiger partial charge >= 0.3 is 0 Å². The maximum absolute atomic E-state index is 6.50. The second-order valence-corrected chi connectivity index (χ2v) is 7.47. The van der Waals surface area contributed by atoms with Gasteiger partial charge in [-0.3, -0.25) is 0 Å². The highest BCUT2D eigenvalue weighted by atomic mass is 16.5. The van der Waals surface area contributed by atoms with Crippen molar-refractivity contribution >= 4 is 0 Å². The van der Waals surface area contributed by atoms with Crippen molar-refractivity contribution in [2.75, 3.05) is 6.54 Å². The van der Waals surface area contributed by atoms with E-state index in [4.69, 9.17) is 15.2 Å². The molecule has 2 bridgehead atoms. The molecular weight excluding hydrogens is 238 g/mol. The van der Waals surface area contributed by atoms with Crippen molar-refractivity contribution in [2.24, 2.45) is 11.1 Å². The van der Waals surface area contributed by atoms with Gasteiger partial charge in [-0.25, -0.2) is 0 Å². The van der Waals surface area contributed by atoms with Gasteiger partial charge in [-0.05, 0) is 51.4 Å². The normalized spacial score (nSPS) is 47.5. The molecule has 3 heteroatoms. The summed E-state index contributed by atoms with van der Waals surface area (Å²) in [4.78, 5) is 0. The standard InChI is InChI=1S/C16H27NO2/c17-11-15(9-12-3-4-14(15)18-12)10-13-5-8-16(19-13)6-1-2-7-16/h12-14H,1-11,17H2. The van der Waals surface area contributed by atoms with Crippen molar-refractivity contribution in [1.82, 2.24) is 0 Å². The van der Waals surface area contributed by atoms with Crippen molar-refractivity contribution in [2.45, 2.75) is 88.1 Å². The Morgan fingerprint density at radius 2 is 1.89 bits per heavy atom. The summed E-state index contributed by atoms with van der Waals surface area (Å²) in [6, 6.07) is 0. The van der Waals surface area contributed by atoms with Crippen LogP contribution in [0.25, 0.3) is 0 Å². The monoisotopic (exact) mass is 265 g/mol. The van der Waals surface area contributed by atoms with Crippen LogP contribution in [0.4, 0.5) is 0 Å². The molecule has 4 unspecified atom stereocenters. The van der Waals surface area contributed by atoms with Gasteiger partial charge in [0.05, 0.1) is 23.9 Å². The summed E-state index contributed by atoms with van der Waals surface area (Å²) in [5, 5.41) is 0. The number of rotatable bonds is 3. The first-order valence-electron chi connectivity index (χ1n) is 8.27. The number of hydrogen-bond acceptors (Lipinski definition) is 3. The lowest BCUT2D eigenvalue weighted by Gasteiger charge is -2.36. The van der Waals surface area contributed by atoms with Gasteiger partial charge < -0.3 is 15.2 Å². The third-order valence-corrected chi connectivity index (χ3v) is 6.32. The van der Waals surface area contributed by atoms with Crippen LogP contribution in [-0.2, 0) is 9.47 Å². The molecule has 2 N–H and O–H groups in total. The molecule has 0 amide bonds. The number of ether oxygens (including phenoxy) is 2. The van der Waals surface area contributed by atoms with Crippen LogP contribution in [0.3, 0.4) is 0 Å². The summed E-state index contributed by atoms with van der Waals surface area (Å²) >= 11 is 0. The fraction of sp³-hybridized carbons (Fsp3) is 1.00. The first-order chi connectivity index (χ1) is 9.24. The summed E-state index contributed by atoms with van der Waals surface area (Å²) in [6.45, 7) is 0.779. The first-order valence-corrected chi connectivity index (χ1v) is 8.27. The second kappa shape index (κ2) is 4.44. The van der Waals surface area contributed by atoms with Crippen LogP contribution in [0.5, 0.6) is 0 Å². The quantitative estimate of drug-likeness (QED) is 0.853. The van der Waals surface area contributed by atoms with Gasteiger partial charge in [0.25, 0.3) is 0 Å². The Hall–Kier alpha value is -0.120. The Morgan fingerprint density at radius 3 is 2.53 bits per heavy atom. The van der Waals surface area contributed by atoms with Crippen molar-refractivity contribution in [1.29, 1.82) is 0 Å². The fourth-order valence-corrected chi connectivity index (χ4v) is 5.28. The average Bonchev–Trinajstić information content (AvgIpc) is 3.17. The maximum atomic E-state index is 6.50. The molecule has 4 rings (SSSR count). The molecule has 1 spiro atoms. The van der Waals surface area contributed by atoms with E-state index in [-0.39, 0.29) is 11.0 Å². The highest BCUT2D eigenvalue weighted by Crippen LogP contribution is 2.53. The molecule has 1 aliphatic carbocycles. The Kier molecular flexibility index (Phi) is 2.95. The molecule has 19 heavy (non-hydrogen) atoms. The molecule has 4 atom stereocenters. The molecule has 1 saturated carbocycles. The molecule has 108 valence electrons. The van der Waals surface area contributed by atoms with Crippen LogP contribution in [-0.4, -0.2) is 30.5 Å². The van der Waals surface area contributed by atoms with Crippen LogP contribution in [0.15, 0.2) is 0 Å². The Morgan fingerprint density at radius 1 is 1.05 bits per heavy atom. The van der Waals surface area contributed by atoms with Crippen LogP contribution < -0.4 is 5.73 Å². The van der Waals surface area contributed by atoms with E-state index < -0.39 is 0 Å². The summed E-state index contributed by atoms with van der Waals surface area (Å²) < 4.78 is 12.6. The van der Waals surface area contributed by atoms with Crippen molar-refractivity contribution < 1.29 is 9.47 Å². The summed E-state index contributed by atoms with van der Waals surface area (Å²) in [5.74, 6) is 0. The zero-order valence-electron chi connectivity index (χ0n) is 11.9. The lowest BCUT2D eigenvalue weighted by atomic mass is 9.70. The van der Waals surface area contributed by atoms with E-state index in [0.29, 0.717) is 18.3 Å². The van der Waals surface area contributed by atoms with E-state index in [1.807, 2.05) is 0 Å². The Balaban J connectivity index is 1.44. The highest BCUT2D eigenvalue weighted by molar-refractivity contribution is 5.04. The Labute approximate surface area is 116 Å². The van der Waals surface area contributed by atoms with E-state index in [9.17, 15) is 0 Å². The number of nitrogens with two attached hydrogens (primary N) is 1. The SMILES string of the molecule is NCC1(CC2CCC3(CCCC3)O2)CC2CCC1O2. The van der Waals surface area contributed by atoms with Gasteiger partial charge in [-0.2, -0.15) is 0 Å². The van der Waals surface area contributed by atoms with Gasteiger partial charge in [0.1, 0.15) is 0 Å². The number of fused-ring (bicyclic) bond motifs is 2. The average molecular weight is 265 g/mol. The third-order valence-electron chi connectivity index (χ3n) is 6.32. The zero-order chi connectivity index (χ0) is 12.9. The second-order valence-electron chi connectivity index (χ2n) is 7.47. The molecule has 3 heterocycles. The number of hydrogen-bond donors (Lipinski definition) is 1. The predicted molar refractivity (Wildman–Crippen MR) is 73.9 cm³/mol. The lowest BCUT2D eigenvalue weighted by Crippen LogP contribution is -2.42. The van der Waals surface area contributed by atoms with Gasteiger partial charge in [-0.15, -0.1) is 0 Å². The predicted octanol–water partition coefficient (Wildman–Crippen LogP) is 2.76. The van der Waals surface area contributed by atoms with Gasteiger partial charge in [-0.1, -0.05) is 12.8 Å². The molecule has 4 aliphatic rings. The van der Waals surface area contributed by atoms with Crippen molar-refractivity contribution in [3.63, 3.8) is 0 Å². The topological polar surface area (TPSA) is 44.5 Å². The molecule has 0 aromatic carbocycles. The maximum Gasteiger partial charge on any atom is 0.0687 e. The minimum absolute atomic E-state index is 0.234. The molecule has 3 aliphatic heterocycles. The smallest absolute Gasteiger partial charge is 0.0687 e. The van der Waals surface area contributed by atoms with Crippen molar-refractivity contribution in [3.8, 4) is 0 Å². The lowest BCUT2D eigenvalue weighted by molar-refractivity contribution is -0.0607. The first kappa shape index (κ1) is 12.6.